The van der Waals surface area contributed by atoms with Crippen LogP contribution in [0.1, 0.15) is 32.3 Å². The lowest BCUT2D eigenvalue weighted by molar-refractivity contribution is 0.418. The second kappa shape index (κ2) is 6.04. The maximum Gasteiger partial charge on any atom is 0.101 e. The van der Waals surface area contributed by atoms with Crippen molar-refractivity contribution in [3.8, 4) is 6.07 Å². The van der Waals surface area contributed by atoms with Crippen LogP contribution in [0.2, 0.25) is 0 Å². The van der Waals surface area contributed by atoms with E-state index in [0.717, 1.165) is 23.0 Å². The van der Waals surface area contributed by atoms with Crippen molar-refractivity contribution in [2.24, 2.45) is 5.73 Å². The molecule has 0 aliphatic rings. The van der Waals surface area contributed by atoms with Gasteiger partial charge in [0.25, 0.3) is 0 Å². The third kappa shape index (κ3) is 3.72. The highest BCUT2D eigenvalue weighted by atomic mass is 79.9. The van der Waals surface area contributed by atoms with Gasteiger partial charge in [0.15, 0.2) is 0 Å². The molecule has 1 rings (SSSR count). The summed E-state index contributed by atoms with van der Waals surface area (Å²) in [6, 6.07) is 7.79. The Hall–Kier alpha value is -1.05. The predicted molar refractivity (Wildman–Crippen MR) is 74.8 cm³/mol. The minimum atomic E-state index is -0.209. The zero-order valence-electron chi connectivity index (χ0n) is 10.3. The quantitative estimate of drug-likeness (QED) is 0.876. The third-order valence-corrected chi connectivity index (χ3v) is 3.63. The molecule has 0 fully saturated rings. The molecule has 17 heavy (non-hydrogen) atoms. The number of nitriles is 1. The molecule has 0 heterocycles. The Kier molecular flexibility index (Phi) is 4.98. The van der Waals surface area contributed by atoms with Crippen LogP contribution in [0.5, 0.6) is 0 Å². The number of hydrogen-bond donors (Lipinski definition) is 2. The van der Waals surface area contributed by atoms with Crippen molar-refractivity contribution < 1.29 is 0 Å². The van der Waals surface area contributed by atoms with E-state index in [-0.39, 0.29) is 5.54 Å². The first-order valence-electron chi connectivity index (χ1n) is 5.77. The lowest BCUT2D eigenvalue weighted by Crippen LogP contribution is -2.45. The summed E-state index contributed by atoms with van der Waals surface area (Å²) in [6.45, 7) is 4.84. The van der Waals surface area contributed by atoms with Crippen LogP contribution in [0.3, 0.4) is 0 Å². The van der Waals surface area contributed by atoms with Crippen molar-refractivity contribution in [1.29, 1.82) is 5.26 Å². The van der Waals surface area contributed by atoms with Crippen molar-refractivity contribution >= 4 is 21.6 Å². The van der Waals surface area contributed by atoms with Gasteiger partial charge in [-0.05, 0) is 31.0 Å². The molecule has 92 valence electrons. The van der Waals surface area contributed by atoms with Crippen LogP contribution in [0, 0.1) is 11.3 Å². The maximum atomic E-state index is 9.04. The molecule has 0 unspecified atom stereocenters. The van der Waals surface area contributed by atoms with E-state index in [2.05, 4.69) is 41.2 Å². The molecule has 0 aliphatic carbocycles. The van der Waals surface area contributed by atoms with E-state index in [1.54, 1.807) is 6.07 Å². The first-order valence-corrected chi connectivity index (χ1v) is 6.56. The number of nitrogens with one attached hydrogen (secondary N) is 1. The van der Waals surface area contributed by atoms with E-state index in [1.807, 2.05) is 12.1 Å². The SMILES string of the molecule is CCC(N)(CC)CNc1ccc(Br)cc1C#N. The van der Waals surface area contributed by atoms with E-state index in [9.17, 15) is 0 Å². The van der Waals surface area contributed by atoms with Gasteiger partial charge in [0.2, 0.25) is 0 Å². The van der Waals surface area contributed by atoms with Crippen LogP contribution >= 0.6 is 15.9 Å². The van der Waals surface area contributed by atoms with Crippen LogP contribution in [0.15, 0.2) is 22.7 Å². The molecule has 0 aromatic heterocycles. The van der Waals surface area contributed by atoms with Crippen LogP contribution in [-0.4, -0.2) is 12.1 Å². The average Bonchev–Trinajstić information content (AvgIpc) is 2.36. The number of nitrogens with two attached hydrogens (primary N) is 1. The van der Waals surface area contributed by atoms with Crippen molar-refractivity contribution in [3.63, 3.8) is 0 Å². The summed E-state index contributed by atoms with van der Waals surface area (Å²) >= 11 is 3.35. The molecule has 0 radical (unpaired) electrons. The standard InChI is InChI=1S/C13H18BrN3/c1-3-13(16,4-2)9-17-12-6-5-11(14)7-10(12)8-15/h5-7,17H,3-4,9,16H2,1-2H3. The molecule has 0 amide bonds. The van der Waals surface area contributed by atoms with Gasteiger partial charge >= 0.3 is 0 Å². The van der Waals surface area contributed by atoms with Gasteiger partial charge in [0, 0.05) is 16.6 Å². The highest BCUT2D eigenvalue weighted by Crippen LogP contribution is 2.21. The fourth-order valence-electron chi connectivity index (χ4n) is 1.53. The van der Waals surface area contributed by atoms with E-state index in [1.165, 1.54) is 0 Å². The largest absolute Gasteiger partial charge is 0.382 e. The molecule has 0 bridgehead atoms. The Morgan fingerprint density at radius 3 is 2.59 bits per heavy atom. The summed E-state index contributed by atoms with van der Waals surface area (Å²) < 4.78 is 0.907. The zero-order chi connectivity index (χ0) is 12.9. The molecule has 1 aromatic rings. The topological polar surface area (TPSA) is 61.8 Å². The average molecular weight is 296 g/mol. The number of halogens is 1. The lowest BCUT2D eigenvalue weighted by Gasteiger charge is -2.27. The smallest absolute Gasteiger partial charge is 0.101 e. The first-order chi connectivity index (χ1) is 8.04. The Morgan fingerprint density at radius 1 is 1.41 bits per heavy atom. The number of hydrogen-bond acceptors (Lipinski definition) is 3. The van der Waals surface area contributed by atoms with Gasteiger partial charge in [-0.1, -0.05) is 29.8 Å². The molecule has 0 saturated heterocycles. The van der Waals surface area contributed by atoms with E-state index < -0.39 is 0 Å². The third-order valence-electron chi connectivity index (χ3n) is 3.14. The molecule has 0 aliphatic heterocycles. The van der Waals surface area contributed by atoms with Crippen molar-refractivity contribution in [2.75, 3.05) is 11.9 Å². The molecule has 3 nitrogen and oxygen atoms in total. The fourth-order valence-corrected chi connectivity index (χ4v) is 1.90. The highest BCUT2D eigenvalue weighted by molar-refractivity contribution is 9.10. The molecule has 0 atom stereocenters. The van der Waals surface area contributed by atoms with E-state index in [4.69, 9.17) is 11.0 Å². The predicted octanol–water partition coefficient (Wildman–Crippen LogP) is 3.25. The number of anilines is 1. The maximum absolute atomic E-state index is 9.04. The summed E-state index contributed by atoms with van der Waals surface area (Å²) in [7, 11) is 0. The minimum absolute atomic E-state index is 0.209. The van der Waals surface area contributed by atoms with Gasteiger partial charge in [0.1, 0.15) is 6.07 Å². The fraction of sp³-hybridized carbons (Fsp3) is 0.462. The Balaban J connectivity index is 2.80. The lowest BCUT2D eigenvalue weighted by atomic mass is 9.94. The Morgan fingerprint density at radius 2 is 2.06 bits per heavy atom. The summed E-state index contributed by atoms with van der Waals surface area (Å²) in [5.74, 6) is 0. The first kappa shape index (κ1) is 14.0. The Labute approximate surface area is 111 Å². The van der Waals surface area contributed by atoms with Gasteiger partial charge in [-0.15, -0.1) is 0 Å². The molecule has 4 heteroatoms. The molecule has 0 spiro atoms. The van der Waals surface area contributed by atoms with Gasteiger partial charge in [0.05, 0.1) is 11.3 Å². The monoisotopic (exact) mass is 295 g/mol. The van der Waals surface area contributed by atoms with Crippen LogP contribution in [-0.2, 0) is 0 Å². The van der Waals surface area contributed by atoms with Gasteiger partial charge in [-0.2, -0.15) is 5.26 Å². The summed E-state index contributed by atoms with van der Waals surface area (Å²) in [5, 5.41) is 12.3. The Bertz CT molecular complexity index is 419. The second-order valence-electron chi connectivity index (χ2n) is 4.22. The van der Waals surface area contributed by atoms with Crippen molar-refractivity contribution in [1.82, 2.24) is 0 Å². The summed E-state index contributed by atoms with van der Waals surface area (Å²) in [6.07, 6.45) is 1.82. The zero-order valence-corrected chi connectivity index (χ0v) is 11.8. The van der Waals surface area contributed by atoms with E-state index >= 15 is 0 Å². The molecular weight excluding hydrogens is 278 g/mol. The van der Waals surface area contributed by atoms with Crippen LogP contribution in [0.4, 0.5) is 5.69 Å². The summed E-state index contributed by atoms with van der Waals surface area (Å²) in [4.78, 5) is 0. The number of rotatable bonds is 5. The summed E-state index contributed by atoms with van der Waals surface area (Å²) in [5.41, 5.74) is 7.48. The molecular formula is C13H18BrN3. The van der Waals surface area contributed by atoms with Crippen molar-refractivity contribution in [3.05, 3.63) is 28.2 Å². The van der Waals surface area contributed by atoms with Crippen LogP contribution in [0.25, 0.3) is 0 Å². The van der Waals surface area contributed by atoms with Crippen LogP contribution < -0.4 is 11.1 Å². The van der Waals surface area contributed by atoms with Crippen molar-refractivity contribution in [2.45, 2.75) is 32.2 Å². The minimum Gasteiger partial charge on any atom is -0.382 e. The number of nitrogens with zero attached hydrogens (tertiary/aromatic N) is 1. The number of benzene rings is 1. The molecule has 1 aromatic carbocycles. The van der Waals surface area contributed by atoms with E-state index in [0.29, 0.717) is 12.1 Å². The van der Waals surface area contributed by atoms with Gasteiger partial charge in [-0.3, -0.25) is 0 Å². The second-order valence-corrected chi connectivity index (χ2v) is 5.14. The highest BCUT2D eigenvalue weighted by Gasteiger charge is 2.20. The van der Waals surface area contributed by atoms with Gasteiger partial charge in [-0.25, -0.2) is 0 Å². The molecule has 0 saturated carbocycles. The molecule has 3 N–H and O–H groups in total. The van der Waals surface area contributed by atoms with Gasteiger partial charge < -0.3 is 11.1 Å². The normalized spacial score (nSPS) is 11.0.